The van der Waals surface area contributed by atoms with Gasteiger partial charge in [-0.3, -0.25) is 4.31 Å². The molecule has 0 aliphatic rings. The highest BCUT2D eigenvalue weighted by Gasteiger charge is 2.26. The lowest BCUT2D eigenvalue weighted by atomic mass is 10.1. The molecule has 6 nitrogen and oxygen atoms in total. The van der Waals surface area contributed by atoms with Crippen molar-refractivity contribution in [3.8, 4) is 6.07 Å². The van der Waals surface area contributed by atoms with Crippen LogP contribution in [0.5, 0.6) is 0 Å². The molecule has 0 saturated carbocycles. The Labute approximate surface area is 153 Å². The number of hydrogen-bond donors (Lipinski definition) is 0. The van der Waals surface area contributed by atoms with Crippen LogP contribution in [0.1, 0.15) is 29.8 Å². The fourth-order valence-electron chi connectivity index (χ4n) is 2.46. The molecule has 0 saturated heterocycles. The number of sulfonamides is 1. The van der Waals surface area contributed by atoms with Crippen molar-refractivity contribution >= 4 is 21.7 Å². The van der Waals surface area contributed by atoms with Crippen molar-refractivity contribution in [3.63, 3.8) is 0 Å². The lowest BCUT2D eigenvalue weighted by Gasteiger charge is -2.24. The number of benzene rings is 2. The Balaban J connectivity index is 2.47. The Bertz CT molecular complexity index is 934. The van der Waals surface area contributed by atoms with Crippen LogP contribution in [0.2, 0.25) is 0 Å². The maximum atomic E-state index is 13.2. The van der Waals surface area contributed by atoms with Crippen LogP contribution in [-0.4, -0.2) is 27.0 Å². The van der Waals surface area contributed by atoms with E-state index >= 15 is 0 Å². The Morgan fingerprint density at radius 1 is 1.23 bits per heavy atom. The molecule has 7 heteroatoms. The number of nitrogens with zero attached hydrogens (tertiary/aromatic N) is 2. The molecule has 0 N–H and O–H groups in total. The summed E-state index contributed by atoms with van der Waals surface area (Å²) in [6, 6.07) is 14.9. The monoisotopic (exact) mass is 372 g/mol. The SMILES string of the molecule is CCN(c1ccccc1)S(=O)(=O)c1cc(C(=O)O[C@@H](C)C#N)ccc1C. The van der Waals surface area contributed by atoms with Gasteiger partial charge in [-0.25, -0.2) is 13.2 Å². The second-order valence-corrected chi connectivity index (χ2v) is 7.49. The third-order valence-corrected chi connectivity index (χ3v) is 5.83. The maximum absolute atomic E-state index is 13.2. The molecule has 1 atom stereocenters. The number of hydrogen-bond acceptors (Lipinski definition) is 5. The molecular weight excluding hydrogens is 352 g/mol. The van der Waals surface area contributed by atoms with E-state index in [2.05, 4.69) is 0 Å². The summed E-state index contributed by atoms with van der Waals surface area (Å²) in [7, 11) is -3.86. The first-order chi connectivity index (χ1) is 12.3. The summed E-state index contributed by atoms with van der Waals surface area (Å²) in [6.45, 7) is 5.09. The van der Waals surface area contributed by atoms with Crippen LogP contribution in [0.4, 0.5) is 5.69 Å². The van der Waals surface area contributed by atoms with Gasteiger partial charge in [-0.1, -0.05) is 24.3 Å². The predicted octanol–water partition coefficient (Wildman–Crippen LogP) is 3.28. The average molecular weight is 372 g/mol. The lowest BCUT2D eigenvalue weighted by molar-refractivity contribution is 0.0435. The summed E-state index contributed by atoms with van der Waals surface area (Å²) in [4.78, 5) is 12.2. The highest BCUT2D eigenvalue weighted by molar-refractivity contribution is 7.92. The van der Waals surface area contributed by atoms with Gasteiger partial charge in [0.15, 0.2) is 6.10 Å². The summed E-state index contributed by atoms with van der Waals surface area (Å²) in [5.41, 5.74) is 1.14. The third kappa shape index (κ3) is 4.03. The minimum atomic E-state index is -3.86. The van der Waals surface area contributed by atoms with E-state index in [4.69, 9.17) is 10.00 Å². The number of para-hydroxylation sites is 1. The largest absolute Gasteiger partial charge is 0.444 e. The molecule has 0 fully saturated rings. The molecule has 2 aromatic carbocycles. The zero-order chi connectivity index (χ0) is 19.3. The van der Waals surface area contributed by atoms with Crippen LogP contribution >= 0.6 is 0 Å². The van der Waals surface area contributed by atoms with Crippen molar-refractivity contribution in [3.05, 3.63) is 59.7 Å². The van der Waals surface area contributed by atoms with Crippen molar-refractivity contribution in [1.82, 2.24) is 0 Å². The van der Waals surface area contributed by atoms with E-state index in [0.717, 1.165) is 0 Å². The fourth-order valence-corrected chi connectivity index (χ4v) is 4.19. The molecule has 0 amide bonds. The third-order valence-electron chi connectivity index (χ3n) is 3.79. The summed E-state index contributed by atoms with van der Waals surface area (Å²) < 4.78 is 32.6. The normalized spacial score (nSPS) is 12.1. The minimum absolute atomic E-state index is 0.0299. The molecule has 0 bridgehead atoms. The van der Waals surface area contributed by atoms with Crippen LogP contribution in [0, 0.1) is 18.3 Å². The highest BCUT2D eigenvalue weighted by Crippen LogP contribution is 2.26. The van der Waals surface area contributed by atoms with Gasteiger partial charge in [-0.15, -0.1) is 0 Å². The van der Waals surface area contributed by atoms with Crippen molar-refractivity contribution < 1.29 is 17.9 Å². The summed E-state index contributed by atoms with van der Waals surface area (Å²) in [5, 5.41) is 8.76. The second kappa shape index (κ2) is 8.02. The summed E-state index contributed by atoms with van der Waals surface area (Å²) in [5.74, 6) is -0.738. The summed E-state index contributed by atoms with van der Waals surface area (Å²) in [6.07, 6.45) is -0.916. The van der Waals surface area contributed by atoms with Crippen molar-refractivity contribution in [2.24, 2.45) is 0 Å². The molecule has 0 aliphatic heterocycles. The van der Waals surface area contributed by atoms with Gasteiger partial charge in [0.05, 0.1) is 16.1 Å². The predicted molar refractivity (Wildman–Crippen MR) is 98.3 cm³/mol. The first kappa shape index (κ1) is 19.5. The molecule has 0 heterocycles. The fraction of sp³-hybridized carbons (Fsp3) is 0.263. The molecule has 0 spiro atoms. The smallest absolute Gasteiger partial charge is 0.339 e. The average Bonchev–Trinajstić information content (AvgIpc) is 2.63. The number of carbonyl (C=O) groups is 1. The first-order valence-corrected chi connectivity index (χ1v) is 9.54. The lowest BCUT2D eigenvalue weighted by Crippen LogP contribution is -2.31. The van der Waals surface area contributed by atoms with Gasteiger partial charge in [0, 0.05) is 6.54 Å². The number of aryl methyl sites for hydroxylation is 1. The maximum Gasteiger partial charge on any atom is 0.339 e. The number of carbonyl (C=O) groups excluding carboxylic acids is 1. The van der Waals surface area contributed by atoms with E-state index in [1.807, 2.05) is 6.07 Å². The van der Waals surface area contributed by atoms with Gasteiger partial charge in [-0.05, 0) is 50.6 Å². The van der Waals surface area contributed by atoms with Gasteiger partial charge in [0.25, 0.3) is 10.0 Å². The zero-order valence-electron chi connectivity index (χ0n) is 14.8. The van der Waals surface area contributed by atoms with E-state index < -0.39 is 22.1 Å². The van der Waals surface area contributed by atoms with Crippen LogP contribution < -0.4 is 4.31 Å². The number of nitriles is 1. The van der Waals surface area contributed by atoms with E-state index in [-0.39, 0.29) is 17.0 Å². The molecule has 0 aromatic heterocycles. The highest BCUT2D eigenvalue weighted by atomic mass is 32.2. The second-order valence-electron chi connectivity index (χ2n) is 5.66. The minimum Gasteiger partial charge on any atom is -0.444 e. The van der Waals surface area contributed by atoms with Crippen molar-refractivity contribution in [2.45, 2.75) is 31.8 Å². The van der Waals surface area contributed by atoms with Gasteiger partial charge in [0.2, 0.25) is 0 Å². The standard InChI is InChI=1S/C19H20N2O4S/c1-4-21(17-8-6-5-7-9-17)26(23,24)18-12-16(11-10-14(18)2)19(22)25-15(3)13-20/h5-12,15H,4H2,1-3H3/t15-/m0/s1. The quantitative estimate of drug-likeness (QED) is 0.726. The van der Waals surface area contributed by atoms with E-state index in [1.54, 1.807) is 50.2 Å². The molecule has 0 aliphatic carbocycles. The number of anilines is 1. The Morgan fingerprint density at radius 2 is 1.88 bits per heavy atom. The molecule has 26 heavy (non-hydrogen) atoms. The number of rotatable bonds is 6. The Kier molecular flexibility index (Phi) is 6.01. The van der Waals surface area contributed by atoms with Crippen LogP contribution in [0.3, 0.4) is 0 Å². The van der Waals surface area contributed by atoms with E-state index in [0.29, 0.717) is 11.3 Å². The van der Waals surface area contributed by atoms with Crippen LogP contribution in [-0.2, 0) is 14.8 Å². The molecule has 2 rings (SSSR count). The Hall–Kier alpha value is -2.85. The van der Waals surface area contributed by atoms with Gasteiger partial charge in [-0.2, -0.15) is 5.26 Å². The topological polar surface area (TPSA) is 87.5 Å². The first-order valence-electron chi connectivity index (χ1n) is 8.10. The van der Waals surface area contributed by atoms with Gasteiger partial charge < -0.3 is 4.74 Å². The molecule has 0 unspecified atom stereocenters. The zero-order valence-corrected chi connectivity index (χ0v) is 15.7. The number of ether oxygens (including phenoxy) is 1. The van der Waals surface area contributed by atoms with Crippen LogP contribution in [0.15, 0.2) is 53.4 Å². The summed E-state index contributed by atoms with van der Waals surface area (Å²) >= 11 is 0. The molecule has 136 valence electrons. The van der Waals surface area contributed by atoms with Gasteiger partial charge in [0.1, 0.15) is 6.07 Å². The molecule has 2 aromatic rings. The van der Waals surface area contributed by atoms with E-state index in [9.17, 15) is 13.2 Å². The van der Waals surface area contributed by atoms with Crippen LogP contribution in [0.25, 0.3) is 0 Å². The van der Waals surface area contributed by atoms with Crippen molar-refractivity contribution in [1.29, 1.82) is 5.26 Å². The molecule has 0 radical (unpaired) electrons. The van der Waals surface area contributed by atoms with E-state index in [1.165, 1.54) is 23.4 Å². The molecular formula is C19H20N2O4S. The number of esters is 1. The van der Waals surface area contributed by atoms with Crippen molar-refractivity contribution in [2.75, 3.05) is 10.8 Å². The Morgan fingerprint density at radius 3 is 2.46 bits per heavy atom. The van der Waals surface area contributed by atoms with Gasteiger partial charge >= 0.3 is 5.97 Å².